The standard InChI is InChI=1S/C24H40N7O5P/c1-5-6-7-10-13-34-23(32)24(3,4)30-37(33,36-29-19-11-8-9-12-19)17-35-18(2)14-31-16-28-20-21(25)26-15-27-22(20)31/h15-16,18H,5-14,17H2,1-4H3,(H,30,33)(H2,25,26,27). The number of nitrogens with zero attached hydrogens (tertiary/aromatic N) is 5. The zero-order chi connectivity index (χ0) is 26.9. The summed E-state index contributed by atoms with van der Waals surface area (Å²) in [5.41, 5.74) is 6.54. The molecule has 2 aromatic heterocycles. The normalized spacial score (nSPS) is 16.5. The molecular formula is C24H40N7O5P. The molecule has 12 nitrogen and oxygen atoms in total. The van der Waals surface area contributed by atoms with Crippen LogP contribution in [0.1, 0.15) is 79.1 Å². The lowest BCUT2D eigenvalue weighted by molar-refractivity contribution is -0.149. The van der Waals surface area contributed by atoms with E-state index in [0.29, 0.717) is 30.1 Å². The largest absolute Gasteiger partial charge is 0.464 e. The second-order valence-electron chi connectivity index (χ2n) is 9.99. The van der Waals surface area contributed by atoms with E-state index in [1.54, 1.807) is 24.7 Å². The van der Waals surface area contributed by atoms with Gasteiger partial charge in [-0.1, -0.05) is 31.3 Å². The summed E-state index contributed by atoms with van der Waals surface area (Å²) in [6.07, 6.45) is 9.93. The molecule has 2 atom stereocenters. The number of fused-ring (bicyclic) bond motifs is 1. The summed E-state index contributed by atoms with van der Waals surface area (Å²) in [7, 11) is -3.73. The summed E-state index contributed by atoms with van der Waals surface area (Å²) in [4.78, 5) is 25.2. The van der Waals surface area contributed by atoms with Crippen LogP contribution in [0.15, 0.2) is 17.8 Å². The van der Waals surface area contributed by atoms with E-state index in [2.05, 4.69) is 32.1 Å². The maximum atomic E-state index is 13.8. The van der Waals surface area contributed by atoms with Gasteiger partial charge in [0.1, 0.15) is 23.7 Å². The molecule has 2 aromatic rings. The number of unbranched alkanes of at least 4 members (excludes halogenated alkanes) is 3. The zero-order valence-corrected chi connectivity index (χ0v) is 23.2. The second kappa shape index (κ2) is 13.3. The molecule has 2 heterocycles. The van der Waals surface area contributed by atoms with Crippen LogP contribution in [0.5, 0.6) is 0 Å². The summed E-state index contributed by atoms with van der Waals surface area (Å²) >= 11 is 0. The highest BCUT2D eigenvalue weighted by molar-refractivity contribution is 7.56. The summed E-state index contributed by atoms with van der Waals surface area (Å²) in [6.45, 7) is 7.88. The van der Waals surface area contributed by atoms with Gasteiger partial charge in [0.2, 0.25) is 0 Å². The van der Waals surface area contributed by atoms with Crippen molar-refractivity contribution in [3.8, 4) is 0 Å². The van der Waals surface area contributed by atoms with E-state index in [9.17, 15) is 9.36 Å². The monoisotopic (exact) mass is 537 g/mol. The minimum atomic E-state index is -3.73. The molecule has 1 fully saturated rings. The zero-order valence-electron chi connectivity index (χ0n) is 22.3. The van der Waals surface area contributed by atoms with Crippen LogP contribution in [0.3, 0.4) is 0 Å². The summed E-state index contributed by atoms with van der Waals surface area (Å²) in [5, 5.41) is 7.02. The first-order chi connectivity index (χ1) is 17.6. The van der Waals surface area contributed by atoms with Gasteiger partial charge >= 0.3 is 13.5 Å². The number of nitrogen functional groups attached to an aromatic ring is 1. The topological polar surface area (TPSA) is 156 Å². The lowest BCUT2D eigenvalue weighted by atomic mass is 10.1. The highest BCUT2D eigenvalue weighted by atomic mass is 31.2. The van der Waals surface area contributed by atoms with Gasteiger partial charge in [-0.15, -0.1) is 0 Å². The SMILES string of the molecule is CCCCCCOC(=O)C(C)(C)NP(=O)(COC(C)Cn1cnc2c(N)ncnc21)ON=C1CCCC1. The molecule has 13 heteroatoms. The second-order valence-corrected chi connectivity index (χ2v) is 12.0. The Labute approximate surface area is 218 Å². The van der Waals surface area contributed by atoms with Crippen molar-refractivity contribution < 1.29 is 23.5 Å². The minimum absolute atomic E-state index is 0.290. The molecule has 2 unspecified atom stereocenters. The van der Waals surface area contributed by atoms with Gasteiger partial charge in [0.25, 0.3) is 0 Å². The van der Waals surface area contributed by atoms with Gasteiger partial charge in [-0.05, 0) is 52.9 Å². The number of carbonyl (C=O) groups is 1. The molecule has 206 valence electrons. The van der Waals surface area contributed by atoms with Gasteiger partial charge in [-0.2, -0.15) is 0 Å². The number of ether oxygens (including phenoxy) is 2. The van der Waals surface area contributed by atoms with Crippen molar-refractivity contribution in [3.05, 3.63) is 12.7 Å². The number of esters is 1. The van der Waals surface area contributed by atoms with Crippen molar-refractivity contribution in [2.75, 3.05) is 18.7 Å². The molecule has 1 aliphatic rings. The molecule has 1 saturated carbocycles. The first kappa shape index (κ1) is 29.0. The van der Waals surface area contributed by atoms with Crippen LogP contribution >= 0.6 is 7.52 Å². The molecule has 37 heavy (non-hydrogen) atoms. The van der Waals surface area contributed by atoms with Crippen LogP contribution in [0.4, 0.5) is 5.82 Å². The van der Waals surface area contributed by atoms with Crippen LogP contribution in [0.25, 0.3) is 11.2 Å². The van der Waals surface area contributed by atoms with Crippen LogP contribution < -0.4 is 10.8 Å². The average molecular weight is 538 g/mol. The van der Waals surface area contributed by atoms with Crippen LogP contribution in [0.2, 0.25) is 0 Å². The summed E-state index contributed by atoms with van der Waals surface area (Å²) < 4.78 is 32.6. The number of carbonyl (C=O) groups excluding carboxylic acids is 1. The van der Waals surface area contributed by atoms with E-state index in [1.165, 1.54) is 6.33 Å². The Morgan fingerprint density at radius 3 is 2.73 bits per heavy atom. The molecule has 0 bridgehead atoms. The maximum absolute atomic E-state index is 13.8. The predicted molar refractivity (Wildman–Crippen MR) is 142 cm³/mol. The van der Waals surface area contributed by atoms with Gasteiger partial charge in [0, 0.05) is 0 Å². The molecule has 0 saturated heterocycles. The van der Waals surface area contributed by atoms with Crippen molar-refractivity contribution in [1.29, 1.82) is 0 Å². The Hall–Kier alpha value is -2.56. The number of anilines is 1. The Bertz CT molecular complexity index is 1110. The first-order valence-corrected chi connectivity index (χ1v) is 14.8. The third-order valence-corrected chi connectivity index (χ3v) is 7.82. The van der Waals surface area contributed by atoms with Gasteiger partial charge in [0.15, 0.2) is 11.5 Å². The smallest absolute Gasteiger partial charge is 0.365 e. The predicted octanol–water partition coefficient (Wildman–Crippen LogP) is 4.40. The molecule has 3 rings (SSSR count). The number of hydrogen-bond acceptors (Lipinski definition) is 10. The molecule has 0 amide bonds. The van der Waals surface area contributed by atoms with Crippen LogP contribution in [-0.2, 0) is 30.0 Å². The van der Waals surface area contributed by atoms with Crippen LogP contribution in [-0.4, -0.2) is 55.8 Å². The molecular weight excluding hydrogens is 497 g/mol. The van der Waals surface area contributed by atoms with Gasteiger partial charge in [-0.3, -0.25) is 9.36 Å². The molecule has 0 spiro atoms. The third kappa shape index (κ3) is 8.48. The van der Waals surface area contributed by atoms with Crippen molar-refractivity contribution in [2.45, 2.75) is 97.2 Å². The van der Waals surface area contributed by atoms with Crippen molar-refractivity contribution >= 4 is 36.2 Å². The number of rotatable bonds is 15. The number of imidazole rings is 1. The van der Waals surface area contributed by atoms with Gasteiger partial charge < -0.3 is 24.4 Å². The van der Waals surface area contributed by atoms with E-state index in [1.807, 2.05) is 6.92 Å². The van der Waals surface area contributed by atoms with Crippen LogP contribution in [0, 0.1) is 0 Å². The number of nitrogens with two attached hydrogens (primary N) is 1. The average Bonchev–Trinajstić information content (AvgIpc) is 3.52. The maximum Gasteiger partial charge on any atom is 0.365 e. The fraction of sp³-hybridized carbons (Fsp3) is 0.708. The van der Waals surface area contributed by atoms with Gasteiger partial charge in [-0.25, -0.2) is 20.0 Å². The Kier molecular flexibility index (Phi) is 10.4. The van der Waals surface area contributed by atoms with Crippen molar-refractivity contribution in [3.63, 3.8) is 0 Å². The molecule has 1 aliphatic carbocycles. The van der Waals surface area contributed by atoms with E-state index < -0.39 is 19.0 Å². The molecule has 3 N–H and O–H groups in total. The summed E-state index contributed by atoms with van der Waals surface area (Å²) in [5.74, 6) is -0.207. The fourth-order valence-corrected chi connectivity index (χ4v) is 5.80. The lowest BCUT2D eigenvalue weighted by Crippen LogP contribution is -2.47. The Morgan fingerprint density at radius 2 is 2.00 bits per heavy atom. The highest BCUT2D eigenvalue weighted by Gasteiger charge is 2.40. The Balaban J connectivity index is 1.64. The van der Waals surface area contributed by atoms with E-state index >= 15 is 0 Å². The molecule has 0 aliphatic heterocycles. The summed E-state index contributed by atoms with van der Waals surface area (Å²) in [6, 6.07) is 0. The fourth-order valence-electron chi connectivity index (χ4n) is 4.01. The lowest BCUT2D eigenvalue weighted by Gasteiger charge is -2.29. The molecule has 0 radical (unpaired) electrons. The van der Waals surface area contributed by atoms with E-state index in [-0.39, 0.29) is 12.5 Å². The third-order valence-electron chi connectivity index (χ3n) is 6.09. The quantitative estimate of drug-likeness (QED) is 0.144. The molecule has 0 aromatic carbocycles. The van der Waals surface area contributed by atoms with E-state index in [0.717, 1.165) is 57.1 Å². The first-order valence-electron chi connectivity index (χ1n) is 13.0. The van der Waals surface area contributed by atoms with Crippen molar-refractivity contribution in [2.24, 2.45) is 5.16 Å². The van der Waals surface area contributed by atoms with Gasteiger partial charge in [0.05, 0.1) is 31.3 Å². The highest BCUT2D eigenvalue weighted by Crippen LogP contribution is 2.46. The number of oxime groups is 1. The van der Waals surface area contributed by atoms with Crippen molar-refractivity contribution in [1.82, 2.24) is 24.6 Å². The van der Waals surface area contributed by atoms with E-state index in [4.69, 9.17) is 19.8 Å². The number of hydrogen-bond donors (Lipinski definition) is 2. The Morgan fingerprint density at radius 1 is 1.24 bits per heavy atom. The number of aromatic nitrogens is 4. The number of nitrogens with one attached hydrogen (secondary N) is 1. The minimum Gasteiger partial charge on any atom is -0.464 e.